The van der Waals surface area contributed by atoms with E-state index in [1.54, 1.807) is 0 Å². The zero-order valence-electron chi connectivity index (χ0n) is 14.6. The molecule has 0 heterocycles. The molecule has 0 spiro atoms. The molecule has 5 nitrogen and oxygen atoms in total. The SMILES string of the molecule is O=C(F)C(F)(F)OC(F)(F)C(F)(F)OC(F)(F)C(F)(F)OC(F)(F)C(F)(F)OC(F)(F)C(F)(F)F. The Kier molecular flexibility index (Phi) is 8.41. The highest BCUT2D eigenvalue weighted by molar-refractivity contribution is 5.74. The molecule has 0 bridgehead atoms. The highest BCUT2D eigenvalue weighted by Crippen LogP contribution is 2.52. The van der Waals surface area contributed by atoms with Gasteiger partial charge >= 0.3 is 61.1 Å². The third-order valence-corrected chi connectivity index (χ3v) is 2.60. The Balaban J connectivity index is 5.98. The number of carbonyl (C=O) groups excluding carboxylic acids is 1. The van der Waals surface area contributed by atoms with Crippen molar-refractivity contribution in [1.82, 2.24) is 0 Å². The quantitative estimate of drug-likeness (QED) is 0.214. The topological polar surface area (TPSA) is 54.0 Å². The highest BCUT2D eigenvalue weighted by atomic mass is 19.4. The molecule has 0 N–H and O–H groups in total. The van der Waals surface area contributed by atoms with Gasteiger partial charge in [-0.05, 0) is 0 Å². The molecule has 0 saturated heterocycles. The first-order chi connectivity index (χ1) is 14.8. The van der Waals surface area contributed by atoms with Crippen LogP contribution in [0.4, 0.5) is 87.8 Å². The summed E-state index contributed by atoms with van der Waals surface area (Å²) < 4.78 is 256. The van der Waals surface area contributed by atoms with Gasteiger partial charge in [-0.3, -0.25) is 4.79 Å². The summed E-state index contributed by atoms with van der Waals surface area (Å²) in [5, 5.41) is 0. The summed E-state index contributed by atoms with van der Waals surface area (Å²) in [6, 6.07) is -4.33. The zero-order chi connectivity index (χ0) is 28.9. The predicted octanol–water partition coefficient (Wildman–Crippen LogP) is 5.85. The third-order valence-electron chi connectivity index (χ3n) is 2.60. The van der Waals surface area contributed by atoms with Crippen LogP contribution in [-0.4, -0.2) is 61.1 Å². The summed E-state index contributed by atoms with van der Waals surface area (Å²) in [5.74, 6) is 0. The minimum Gasteiger partial charge on any atom is -0.251 e. The van der Waals surface area contributed by atoms with Crippen molar-refractivity contribution in [1.29, 1.82) is 0 Å². The van der Waals surface area contributed by atoms with E-state index in [1.165, 1.54) is 18.9 Å². The minimum absolute atomic E-state index is 1.21. The van der Waals surface area contributed by atoms with Crippen molar-refractivity contribution in [3.05, 3.63) is 0 Å². The Hall–Kier alpha value is -1.89. The van der Waals surface area contributed by atoms with Gasteiger partial charge in [-0.2, -0.15) is 87.8 Å². The number of hydrogen-bond donors (Lipinski definition) is 0. The molecule has 0 fully saturated rings. The van der Waals surface area contributed by atoms with E-state index in [-0.39, 0.29) is 0 Å². The fraction of sp³-hybridized carbons (Fsp3) is 0.900. The number of rotatable bonds is 12. The van der Waals surface area contributed by atoms with E-state index in [2.05, 4.69) is 0 Å². The summed E-state index contributed by atoms with van der Waals surface area (Å²) in [5.41, 5.74) is 0. The maximum atomic E-state index is 13.0. The molecule has 0 aliphatic carbocycles. The smallest absolute Gasteiger partial charge is 0.251 e. The Bertz CT molecular complexity index is 771. The lowest BCUT2D eigenvalue weighted by molar-refractivity contribution is -0.581. The zero-order valence-corrected chi connectivity index (χ0v) is 14.6. The van der Waals surface area contributed by atoms with Gasteiger partial charge < -0.3 is 0 Å². The summed E-state index contributed by atoms with van der Waals surface area (Å²) in [4.78, 5) is 9.59. The minimum atomic E-state index is -7.85. The van der Waals surface area contributed by atoms with Crippen LogP contribution < -0.4 is 0 Å². The average molecular weight is 580 g/mol. The van der Waals surface area contributed by atoms with Crippen LogP contribution in [0.1, 0.15) is 0 Å². The van der Waals surface area contributed by atoms with Gasteiger partial charge in [0.05, 0.1) is 0 Å². The van der Waals surface area contributed by atoms with E-state index in [1.807, 2.05) is 0 Å². The maximum Gasteiger partial charge on any atom is 0.483 e. The van der Waals surface area contributed by atoms with Gasteiger partial charge in [-0.15, -0.1) is 0 Å². The van der Waals surface area contributed by atoms with E-state index in [0.717, 1.165) is 0 Å². The van der Waals surface area contributed by atoms with Crippen LogP contribution in [0.5, 0.6) is 0 Å². The number of alkyl halides is 19. The van der Waals surface area contributed by atoms with E-state index >= 15 is 0 Å². The van der Waals surface area contributed by atoms with Gasteiger partial charge in [0.15, 0.2) is 0 Å². The van der Waals surface area contributed by atoms with Crippen molar-refractivity contribution in [3.63, 3.8) is 0 Å². The van der Waals surface area contributed by atoms with Crippen LogP contribution >= 0.6 is 0 Å². The molecule has 0 amide bonds. The van der Waals surface area contributed by atoms with Gasteiger partial charge in [0, 0.05) is 0 Å². The molecule has 0 saturated carbocycles. The molecule has 0 aromatic rings. The van der Waals surface area contributed by atoms with Gasteiger partial charge in [0.25, 0.3) is 0 Å². The van der Waals surface area contributed by atoms with E-state index < -0.39 is 61.1 Å². The van der Waals surface area contributed by atoms with E-state index in [4.69, 9.17) is 0 Å². The lowest BCUT2D eigenvalue weighted by atomic mass is 10.4. The van der Waals surface area contributed by atoms with Gasteiger partial charge in [0.2, 0.25) is 0 Å². The Morgan fingerprint density at radius 2 is 0.571 bits per heavy atom. The Morgan fingerprint density at radius 1 is 0.371 bits per heavy atom. The number of ether oxygens (including phenoxy) is 4. The van der Waals surface area contributed by atoms with Crippen LogP contribution in [0.15, 0.2) is 0 Å². The van der Waals surface area contributed by atoms with Gasteiger partial charge in [-0.1, -0.05) is 0 Å². The molecule has 35 heavy (non-hydrogen) atoms. The molecule has 0 unspecified atom stereocenters. The largest absolute Gasteiger partial charge is 0.483 e. The van der Waals surface area contributed by atoms with E-state index in [9.17, 15) is 92.6 Å². The molecule has 0 rings (SSSR count). The standard InChI is InChI=1S/C10F20O5/c11-1(31)2(12,13)32-5(19,20)6(21,22)34-9(27,28)10(29,30)35-8(25,26)7(23,24)33-4(17,18)3(14,15)16. The molecular formula is C10F20O5. The van der Waals surface area contributed by atoms with Crippen molar-refractivity contribution < 1.29 is 112 Å². The molecule has 0 aliphatic heterocycles. The first-order valence-electron chi connectivity index (χ1n) is 6.87. The Labute approximate surface area is 174 Å². The molecule has 210 valence electrons. The first kappa shape index (κ1) is 33.1. The third kappa shape index (κ3) is 7.08. The van der Waals surface area contributed by atoms with Gasteiger partial charge in [0.1, 0.15) is 0 Å². The fourth-order valence-electron chi connectivity index (χ4n) is 1.10. The summed E-state index contributed by atoms with van der Waals surface area (Å²) in [6.07, 6.45) is -67.5. The second kappa shape index (κ2) is 8.89. The lowest BCUT2D eigenvalue weighted by Crippen LogP contribution is -2.60. The van der Waals surface area contributed by atoms with Crippen molar-refractivity contribution in [3.8, 4) is 0 Å². The number of halogens is 20. The Morgan fingerprint density at radius 3 is 0.771 bits per heavy atom. The fourth-order valence-corrected chi connectivity index (χ4v) is 1.10. The monoisotopic (exact) mass is 580 g/mol. The second-order valence-electron chi connectivity index (χ2n) is 5.31. The van der Waals surface area contributed by atoms with Crippen LogP contribution in [-0.2, 0) is 23.7 Å². The molecule has 0 aromatic heterocycles. The molecular weight excluding hydrogens is 580 g/mol. The van der Waals surface area contributed by atoms with Crippen LogP contribution in [0, 0.1) is 0 Å². The highest BCUT2D eigenvalue weighted by Gasteiger charge is 2.78. The van der Waals surface area contributed by atoms with Crippen molar-refractivity contribution in [2.24, 2.45) is 0 Å². The first-order valence-corrected chi connectivity index (χ1v) is 6.87. The molecule has 0 aliphatic rings. The van der Waals surface area contributed by atoms with Gasteiger partial charge in [-0.25, -0.2) is 18.9 Å². The predicted molar refractivity (Wildman–Crippen MR) is 56.1 cm³/mol. The van der Waals surface area contributed by atoms with Crippen molar-refractivity contribution in [2.45, 2.75) is 55.0 Å². The van der Waals surface area contributed by atoms with Crippen LogP contribution in [0.25, 0.3) is 0 Å². The molecule has 0 radical (unpaired) electrons. The summed E-state index contributed by atoms with van der Waals surface area (Å²) in [6.45, 7) is 0. The van der Waals surface area contributed by atoms with Crippen LogP contribution in [0.2, 0.25) is 0 Å². The van der Waals surface area contributed by atoms with Crippen LogP contribution in [0.3, 0.4) is 0 Å². The molecule has 0 atom stereocenters. The van der Waals surface area contributed by atoms with E-state index in [0.29, 0.717) is 0 Å². The summed E-state index contributed by atoms with van der Waals surface area (Å²) >= 11 is 0. The molecule has 0 aromatic carbocycles. The molecule has 25 heteroatoms. The van der Waals surface area contributed by atoms with Crippen molar-refractivity contribution in [2.75, 3.05) is 0 Å². The summed E-state index contributed by atoms with van der Waals surface area (Å²) in [7, 11) is 0. The lowest BCUT2D eigenvalue weighted by Gasteiger charge is -2.35. The normalized spacial score (nSPS) is 16.0. The number of hydrogen-bond acceptors (Lipinski definition) is 5. The maximum absolute atomic E-state index is 13.0. The van der Waals surface area contributed by atoms with Crippen molar-refractivity contribution >= 4 is 6.04 Å². The number of carbonyl (C=O) groups is 1. The second-order valence-corrected chi connectivity index (χ2v) is 5.31. The average Bonchev–Trinajstić information content (AvgIpc) is 2.48.